The van der Waals surface area contributed by atoms with Crippen LogP contribution in [0.5, 0.6) is 11.5 Å². The molecule has 4 heteroatoms. The van der Waals surface area contributed by atoms with Gasteiger partial charge in [0.1, 0.15) is 11.5 Å². The summed E-state index contributed by atoms with van der Waals surface area (Å²) < 4.78 is 9.05. The Bertz CT molecular complexity index is 3200. The van der Waals surface area contributed by atoms with Crippen LogP contribution in [0.2, 0.25) is 0 Å². The lowest BCUT2D eigenvalue weighted by Gasteiger charge is -2.39. The summed E-state index contributed by atoms with van der Waals surface area (Å²) in [5, 5.41) is 3.51. The van der Waals surface area contributed by atoms with Gasteiger partial charge in [-0.3, -0.25) is 0 Å². The van der Waals surface area contributed by atoms with Crippen LogP contribution in [-0.4, -0.2) is 9.97 Å². The number of para-hydroxylation sites is 1. The number of aromatic nitrogens is 2. The van der Waals surface area contributed by atoms with Gasteiger partial charge >= 0.3 is 0 Å². The van der Waals surface area contributed by atoms with E-state index in [2.05, 4.69) is 182 Å². The average Bonchev–Trinajstić information content (AvgIpc) is 3.77. The number of benzene rings is 8. The predicted octanol–water partition coefficient (Wildman–Crippen LogP) is 13.5. The summed E-state index contributed by atoms with van der Waals surface area (Å²) in [6, 6.07) is 65.2. The van der Waals surface area contributed by atoms with Gasteiger partial charge in [-0.25, -0.2) is 9.97 Å². The molecule has 10 aromatic rings. The van der Waals surface area contributed by atoms with Gasteiger partial charge in [0.25, 0.3) is 0 Å². The standard InChI is InChI=1S/C51H30N2OS/c1-2-14-31(15-3-1)35-18-6-7-20-37(35)50-52-47(49-48(53-50)38-21-9-13-25-46(38)55-49)34-26-27-41-39(28-34)36-19-8-10-22-40(36)51(41)42-23-11-12-24-44(42)54-45-30-33-17-5-4-16-32(33)29-43(45)51/h1-30H. The van der Waals surface area contributed by atoms with Gasteiger partial charge < -0.3 is 4.74 Å². The van der Waals surface area contributed by atoms with Gasteiger partial charge in [-0.05, 0) is 74.5 Å². The first kappa shape index (κ1) is 30.6. The Hall–Kier alpha value is -6.88. The molecule has 1 atom stereocenters. The van der Waals surface area contributed by atoms with Crippen molar-refractivity contribution in [2.75, 3.05) is 0 Å². The second-order valence-corrected chi connectivity index (χ2v) is 15.5. The number of thiophene rings is 1. The Balaban J connectivity index is 1.14. The third-order valence-corrected chi connectivity index (χ3v) is 12.7. The molecule has 0 N–H and O–H groups in total. The monoisotopic (exact) mass is 718 g/mol. The third-order valence-electron chi connectivity index (χ3n) is 11.6. The quantitative estimate of drug-likeness (QED) is 0.182. The fourth-order valence-corrected chi connectivity index (χ4v) is 10.3. The number of rotatable bonds is 3. The Labute approximate surface area is 321 Å². The fraction of sp³-hybridized carbons (Fsp3) is 0.0196. The zero-order valence-electron chi connectivity index (χ0n) is 29.5. The van der Waals surface area contributed by atoms with Gasteiger partial charge in [-0.1, -0.05) is 152 Å². The number of hydrogen-bond donors (Lipinski definition) is 0. The molecule has 8 aromatic carbocycles. The fourth-order valence-electron chi connectivity index (χ4n) is 9.19. The molecule has 2 aliphatic rings. The van der Waals surface area contributed by atoms with Crippen molar-refractivity contribution in [3.8, 4) is 56.4 Å². The van der Waals surface area contributed by atoms with Crippen molar-refractivity contribution in [2.24, 2.45) is 0 Å². The minimum absolute atomic E-state index is 0.558. The zero-order chi connectivity index (χ0) is 36.1. The summed E-state index contributed by atoms with van der Waals surface area (Å²) >= 11 is 1.77. The van der Waals surface area contributed by atoms with Crippen molar-refractivity contribution in [3.05, 3.63) is 204 Å². The smallest absolute Gasteiger partial charge is 0.161 e. The molecule has 1 unspecified atom stereocenters. The summed E-state index contributed by atoms with van der Waals surface area (Å²) in [6.07, 6.45) is 0. The summed E-state index contributed by atoms with van der Waals surface area (Å²) in [4.78, 5) is 10.8. The zero-order valence-corrected chi connectivity index (χ0v) is 30.3. The molecule has 0 fully saturated rings. The maximum atomic E-state index is 6.75. The van der Waals surface area contributed by atoms with Gasteiger partial charge in [-0.2, -0.15) is 0 Å². The minimum atomic E-state index is -0.558. The van der Waals surface area contributed by atoms with Crippen LogP contribution in [0.25, 0.3) is 76.0 Å². The van der Waals surface area contributed by atoms with Crippen LogP contribution < -0.4 is 4.74 Å². The molecule has 0 radical (unpaired) electrons. The lowest BCUT2D eigenvalue weighted by molar-refractivity contribution is 0.437. The molecule has 0 saturated carbocycles. The summed E-state index contributed by atoms with van der Waals surface area (Å²) in [5.74, 6) is 2.51. The van der Waals surface area contributed by atoms with Gasteiger partial charge in [0.05, 0.1) is 21.3 Å². The molecule has 0 saturated heterocycles. The van der Waals surface area contributed by atoms with E-state index in [1.54, 1.807) is 11.3 Å². The van der Waals surface area contributed by atoms with Crippen LogP contribution in [0.3, 0.4) is 0 Å². The molecule has 2 aromatic heterocycles. The van der Waals surface area contributed by atoms with E-state index in [4.69, 9.17) is 14.7 Å². The van der Waals surface area contributed by atoms with E-state index in [-0.39, 0.29) is 0 Å². The van der Waals surface area contributed by atoms with Crippen LogP contribution in [0, 0.1) is 0 Å². The van der Waals surface area contributed by atoms with E-state index < -0.39 is 5.41 Å². The first-order valence-corrected chi connectivity index (χ1v) is 19.5. The van der Waals surface area contributed by atoms with Gasteiger partial charge in [0.15, 0.2) is 5.82 Å². The topological polar surface area (TPSA) is 35.0 Å². The average molecular weight is 719 g/mol. The van der Waals surface area contributed by atoms with Crippen molar-refractivity contribution in [3.63, 3.8) is 0 Å². The van der Waals surface area contributed by atoms with Crippen LogP contribution in [0.1, 0.15) is 22.3 Å². The third kappa shape index (κ3) is 4.31. The highest BCUT2D eigenvalue weighted by Crippen LogP contribution is 2.63. The van der Waals surface area contributed by atoms with Crippen molar-refractivity contribution < 1.29 is 4.74 Å². The molecule has 1 spiro atoms. The van der Waals surface area contributed by atoms with E-state index in [0.717, 1.165) is 72.0 Å². The van der Waals surface area contributed by atoms with Crippen molar-refractivity contribution in [1.82, 2.24) is 9.97 Å². The summed E-state index contributed by atoms with van der Waals surface area (Å²) in [6.45, 7) is 0. The van der Waals surface area contributed by atoms with E-state index >= 15 is 0 Å². The van der Waals surface area contributed by atoms with Crippen molar-refractivity contribution in [1.29, 1.82) is 0 Å². The van der Waals surface area contributed by atoms with E-state index in [1.165, 1.54) is 37.7 Å². The molecule has 0 amide bonds. The lowest BCUT2D eigenvalue weighted by atomic mass is 9.66. The second-order valence-electron chi connectivity index (χ2n) is 14.4. The van der Waals surface area contributed by atoms with Gasteiger partial charge in [0, 0.05) is 32.3 Å². The minimum Gasteiger partial charge on any atom is -0.457 e. The molecule has 55 heavy (non-hydrogen) atoms. The molecule has 1 aliphatic carbocycles. The highest BCUT2D eigenvalue weighted by Gasteiger charge is 2.51. The molecule has 3 nitrogen and oxygen atoms in total. The van der Waals surface area contributed by atoms with Crippen molar-refractivity contribution >= 4 is 42.4 Å². The SMILES string of the molecule is c1ccc(-c2ccccc2-c2nc(-c3ccc4c(c3)-c3ccccc3C43c4ccccc4Oc4cc5ccccc5cc43)c3sc4ccccc4c3n2)cc1. The van der Waals surface area contributed by atoms with Crippen LogP contribution in [-0.2, 0) is 5.41 Å². The molecular weight excluding hydrogens is 689 g/mol. The Morgan fingerprint density at radius 1 is 0.436 bits per heavy atom. The van der Waals surface area contributed by atoms with Crippen LogP contribution >= 0.6 is 11.3 Å². The highest BCUT2D eigenvalue weighted by atomic mass is 32.1. The van der Waals surface area contributed by atoms with Gasteiger partial charge in [0.2, 0.25) is 0 Å². The lowest BCUT2D eigenvalue weighted by Crippen LogP contribution is -2.32. The molecule has 256 valence electrons. The second kappa shape index (κ2) is 11.6. The van der Waals surface area contributed by atoms with Gasteiger partial charge in [-0.15, -0.1) is 11.3 Å². The highest BCUT2D eigenvalue weighted by molar-refractivity contribution is 7.26. The molecular formula is C51H30N2OS. The molecule has 0 bridgehead atoms. The number of hydrogen-bond acceptors (Lipinski definition) is 4. The Morgan fingerprint density at radius 3 is 1.98 bits per heavy atom. The normalized spacial score (nSPS) is 15.1. The van der Waals surface area contributed by atoms with E-state index in [9.17, 15) is 0 Å². The van der Waals surface area contributed by atoms with Crippen molar-refractivity contribution in [2.45, 2.75) is 5.41 Å². The first-order chi connectivity index (χ1) is 27.3. The Kier molecular flexibility index (Phi) is 6.42. The molecule has 12 rings (SSSR count). The first-order valence-electron chi connectivity index (χ1n) is 18.7. The summed E-state index contributed by atoms with van der Waals surface area (Å²) in [7, 11) is 0. The predicted molar refractivity (Wildman–Crippen MR) is 226 cm³/mol. The summed E-state index contributed by atoms with van der Waals surface area (Å²) in [5.41, 5.74) is 13.0. The van der Waals surface area contributed by atoms with Crippen LogP contribution in [0.15, 0.2) is 182 Å². The molecule has 1 aliphatic heterocycles. The molecule has 3 heterocycles. The van der Waals surface area contributed by atoms with E-state index in [1.807, 2.05) is 0 Å². The number of nitrogens with zero attached hydrogens (tertiary/aromatic N) is 2. The maximum Gasteiger partial charge on any atom is 0.161 e. The number of fused-ring (bicyclic) bond motifs is 13. The number of ether oxygens (including phenoxy) is 1. The Morgan fingerprint density at radius 2 is 1.11 bits per heavy atom. The maximum absolute atomic E-state index is 6.75. The largest absolute Gasteiger partial charge is 0.457 e. The van der Waals surface area contributed by atoms with E-state index in [0.29, 0.717) is 0 Å². The van der Waals surface area contributed by atoms with Crippen LogP contribution in [0.4, 0.5) is 0 Å².